The van der Waals surface area contributed by atoms with Crippen molar-refractivity contribution in [3.05, 3.63) is 40.1 Å². The number of hydrogen-bond donors (Lipinski definition) is 1. The fourth-order valence-electron chi connectivity index (χ4n) is 8.64. The van der Waals surface area contributed by atoms with Crippen molar-refractivity contribution in [1.82, 2.24) is 14.9 Å². The van der Waals surface area contributed by atoms with Crippen molar-refractivity contribution in [2.45, 2.75) is 94.2 Å². The topological polar surface area (TPSA) is 101 Å². The van der Waals surface area contributed by atoms with Gasteiger partial charge in [0.1, 0.15) is 30.3 Å². The normalized spacial score (nSPS) is 35.7. The Labute approximate surface area is 234 Å². The summed E-state index contributed by atoms with van der Waals surface area (Å²) in [6.07, 6.45) is 6.48. The van der Waals surface area contributed by atoms with Gasteiger partial charge >= 0.3 is 6.01 Å². The van der Waals surface area contributed by atoms with Gasteiger partial charge in [-0.2, -0.15) is 15.2 Å². The van der Waals surface area contributed by atoms with Gasteiger partial charge in [-0.1, -0.05) is 13.0 Å². The number of benzene rings is 1. The van der Waals surface area contributed by atoms with Gasteiger partial charge in [-0.05, 0) is 68.5 Å². The fraction of sp³-hybridized carbons (Fsp3) is 0.645. The van der Waals surface area contributed by atoms with E-state index < -0.39 is 11.8 Å². The van der Waals surface area contributed by atoms with Crippen LogP contribution < -0.4 is 15.4 Å². The molecule has 4 aliphatic heterocycles. The third-order valence-electron chi connectivity index (χ3n) is 10.9. The molecule has 9 heteroatoms. The Morgan fingerprint density at radius 1 is 1.25 bits per heavy atom. The van der Waals surface area contributed by atoms with Gasteiger partial charge in [-0.25, -0.2) is 4.39 Å². The van der Waals surface area contributed by atoms with E-state index in [1.54, 1.807) is 0 Å². The van der Waals surface area contributed by atoms with Crippen LogP contribution in [0, 0.1) is 17.2 Å². The van der Waals surface area contributed by atoms with E-state index in [0.717, 1.165) is 72.9 Å². The van der Waals surface area contributed by atoms with Crippen LogP contribution in [-0.2, 0) is 23.4 Å². The van der Waals surface area contributed by atoms with Crippen LogP contribution in [0.15, 0.2) is 12.1 Å². The molecule has 40 heavy (non-hydrogen) atoms. The van der Waals surface area contributed by atoms with E-state index in [2.05, 4.69) is 28.9 Å². The van der Waals surface area contributed by atoms with Gasteiger partial charge in [0, 0.05) is 48.8 Å². The first-order chi connectivity index (χ1) is 19.4. The SMILES string of the molecule is C[C@H]1CC[C@]2(Cc3nc(OC[C@@]45CCCN4C[C@H](F)C5)nc(N4CC[C@@H]5C[C@@H]54)c3CO2)c2c1ccc(N)c2C#N. The Bertz CT molecular complexity index is 1430. The van der Waals surface area contributed by atoms with Crippen molar-refractivity contribution in [3.63, 3.8) is 0 Å². The summed E-state index contributed by atoms with van der Waals surface area (Å²) in [5.41, 5.74) is 10.5. The second kappa shape index (κ2) is 8.77. The second-order valence-electron chi connectivity index (χ2n) is 13.2. The third kappa shape index (κ3) is 3.61. The lowest BCUT2D eigenvalue weighted by Crippen LogP contribution is -2.44. The minimum Gasteiger partial charge on any atom is -0.461 e. The number of alkyl halides is 1. The molecule has 210 valence electrons. The number of anilines is 2. The maximum absolute atomic E-state index is 14.4. The van der Waals surface area contributed by atoms with Gasteiger partial charge < -0.3 is 20.1 Å². The summed E-state index contributed by atoms with van der Waals surface area (Å²) in [5, 5.41) is 10.1. The number of hydrogen-bond acceptors (Lipinski definition) is 8. The number of rotatable bonds is 4. The maximum Gasteiger partial charge on any atom is 0.318 e. The summed E-state index contributed by atoms with van der Waals surface area (Å²) in [5.74, 6) is 2.02. The van der Waals surface area contributed by atoms with Gasteiger partial charge in [0.05, 0.1) is 23.4 Å². The Morgan fingerprint density at radius 3 is 2.95 bits per heavy atom. The van der Waals surface area contributed by atoms with Gasteiger partial charge in [-0.15, -0.1) is 0 Å². The Hall–Kier alpha value is -2.96. The molecule has 1 spiro atoms. The molecule has 2 aliphatic carbocycles. The summed E-state index contributed by atoms with van der Waals surface area (Å²) in [7, 11) is 0. The molecule has 3 saturated heterocycles. The van der Waals surface area contributed by atoms with Crippen LogP contribution >= 0.6 is 0 Å². The first kappa shape index (κ1) is 24.8. The van der Waals surface area contributed by atoms with Crippen LogP contribution in [0.4, 0.5) is 15.9 Å². The van der Waals surface area contributed by atoms with Gasteiger partial charge in [-0.3, -0.25) is 4.90 Å². The lowest BCUT2D eigenvalue weighted by atomic mass is 9.69. The molecule has 6 aliphatic rings. The number of nitrogen functional groups attached to an aromatic ring is 1. The molecule has 5 heterocycles. The minimum absolute atomic E-state index is 0.254. The van der Waals surface area contributed by atoms with E-state index in [-0.39, 0.29) is 5.54 Å². The quantitative estimate of drug-likeness (QED) is 0.567. The van der Waals surface area contributed by atoms with Crippen molar-refractivity contribution in [3.8, 4) is 12.1 Å². The highest BCUT2D eigenvalue weighted by Crippen LogP contribution is 2.53. The predicted octanol–water partition coefficient (Wildman–Crippen LogP) is 4.35. The molecule has 1 aromatic carbocycles. The van der Waals surface area contributed by atoms with Crippen LogP contribution in [-0.4, -0.2) is 58.9 Å². The van der Waals surface area contributed by atoms with Crippen LogP contribution in [0.25, 0.3) is 0 Å². The molecule has 0 amide bonds. The second-order valence-corrected chi connectivity index (χ2v) is 13.2. The molecule has 0 bridgehead atoms. The predicted molar refractivity (Wildman–Crippen MR) is 148 cm³/mol. The Kier molecular flexibility index (Phi) is 5.44. The van der Waals surface area contributed by atoms with Crippen molar-refractivity contribution in [2.24, 2.45) is 5.92 Å². The van der Waals surface area contributed by atoms with Crippen LogP contribution in [0.1, 0.15) is 85.7 Å². The molecule has 2 N–H and O–H groups in total. The highest BCUT2D eigenvalue weighted by Gasteiger charge is 2.52. The maximum atomic E-state index is 14.4. The van der Waals surface area contributed by atoms with Gasteiger partial charge in [0.25, 0.3) is 0 Å². The molecular weight excluding hydrogens is 507 g/mol. The number of halogens is 1. The summed E-state index contributed by atoms with van der Waals surface area (Å²) < 4.78 is 27.6. The highest BCUT2D eigenvalue weighted by molar-refractivity contribution is 5.64. The number of nitriles is 1. The molecule has 1 aromatic heterocycles. The third-order valence-corrected chi connectivity index (χ3v) is 10.9. The molecule has 2 aromatic rings. The van der Waals surface area contributed by atoms with E-state index in [9.17, 15) is 9.65 Å². The van der Waals surface area contributed by atoms with Crippen LogP contribution in [0.2, 0.25) is 0 Å². The number of aromatic nitrogens is 2. The van der Waals surface area contributed by atoms with E-state index in [4.69, 9.17) is 25.2 Å². The first-order valence-electron chi connectivity index (χ1n) is 15.0. The number of ether oxygens (including phenoxy) is 2. The zero-order valence-corrected chi connectivity index (χ0v) is 23.2. The molecule has 0 unspecified atom stereocenters. The molecule has 6 atom stereocenters. The van der Waals surface area contributed by atoms with E-state index in [1.165, 1.54) is 12.8 Å². The average molecular weight is 545 g/mol. The number of piperidine rings is 1. The van der Waals surface area contributed by atoms with E-state index in [0.29, 0.717) is 61.8 Å². The minimum atomic E-state index is -0.798. The Balaban J connectivity index is 1.18. The van der Waals surface area contributed by atoms with Crippen LogP contribution in [0.5, 0.6) is 6.01 Å². The van der Waals surface area contributed by atoms with Crippen molar-refractivity contribution in [1.29, 1.82) is 5.26 Å². The monoisotopic (exact) mass is 544 g/mol. The molecule has 8 nitrogen and oxygen atoms in total. The molecule has 0 radical (unpaired) electrons. The van der Waals surface area contributed by atoms with E-state index in [1.807, 2.05) is 6.07 Å². The average Bonchev–Trinajstić information content (AvgIpc) is 3.26. The lowest BCUT2D eigenvalue weighted by Gasteiger charge is -2.45. The van der Waals surface area contributed by atoms with Gasteiger partial charge in [0.2, 0.25) is 0 Å². The summed E-state index contributed by atoms with van der Waals surface area (Å²) >= 11 is 0. The molecule has 8 rings (SSSR count). The highest BCUT2D eigenvalue weighted by atomic mass is 19.1. The summed E-state index contributed by atoms with van der Waals surface area (Å²) in [6, 6.07) is 7.23. The van der Waals surface area contributed by atoms with Crippen LogP contribution in [0.3, 0.4) is 0 Å². The number of nitrogens with zero attached hydrogens (tertiary/aromatic N) is 5. The van der Waals surface area contributed by atoms with Crippen molar-refractivity contribution >= 4 is 11.5 Å². The van der Waals surface area contributed by atoms with Crippen molar-refractivity contribution < 1.29 is 13.9 Å². The number of fused-ring (bicyclic) bond motifs is 5. The molecular formula is C31H37FN6O2. The first-order valence-corrected chi connectivity index (χ1v) is 15.0. The fourth-order valence-corrected chi connectivity index (χ4v) is 8.64. The molecule has 4 fully saturated rings. The summed E-state index contributed by atoms with van der Waals surface area (Å²) in [4.78, 5) is 14.7. The van der Waals surface area contributed by atoms with E-state index >= 15 is 0 Å². The molecule has 1 saturated carbocycles. The zero-order valence-electron chi connectivity index (χ0n) is 23.2. The smallest absolute Gasteiger partial charge is 0.318 e. The lowest BCUT2D eigenvalue weighted by molar-refractivity contribution is -0.0873. The van der Waals surface area contributed by atoms with Gasteiger partial charge in [0.15, 0.2) is 0 Å². The van der Waals surface area contributed by atoms with Crippen molar-refractivity contribution in [2.75, 3.05) is 36.9 Å². The summed E-state index contributed by atoms with van der Waals surface area (Å²) in [6.45, 7) is 5.43. The largest absolute Gasteiger partial charge is 0.461 e. The Morgan fingerprint density at radius 2 is 2.15 bits per heavy atom. The number of nitrogens with two attached hydrogens (primary N) is 1. The standard InChI is InChI=1S/C31H37FN6O2/c1-18-5-8-31(27-21(18)3-4-24(34)22(27)14-33)13-25-23(16-40-31)28(38-10-6-19-11-26(19)38)36-29(35-25)39-17-30-7-2-9-37(30)15-20(32)12-30/h3-4,18-20,26H,2,5-13,15-17,34H2,1H3/t18-,19+,20+,26-,30-,31-/m0/s1. The zero-order chi connectivity index (χ0) is 27.2.